The Hall–Kier alpha value is -2.31. The van der Waals surface area contributed by atoms with Crippen molar-refractivity contribution in [2.24, 2.45) is 11.8 Å². The zero-order valence-corrected chi connectivity index (χ0v) is 16.8. The Labute approximate surface area is 172 Å². The third-order valence-electron chi connectivity index (χ3n) is 6.07. The molecule has 0 amide bonds. The molecule has 2 aromatic rings. The van der Waals surface area contributed by atoms with Crippen LogP contribution in [-0.2, 0) is 6.18 Å². The van der Waals surface area contributed by atoms with Crippen LogP contribution in [0.4, 0.5) is 22.0 Å². The van der Waals surface area contributed by atoms with Crippen LogP contribution in [0.2, 0.25) is 0 Å². The Morgan fingerprint density at radius 3 is 2.23 bits per heavy atom. The van der Waals surface area contributed by atoms with Gasteiger partial charge in [0.25, 0.3) is 0 Å². The van der Waals surface area contributed by atoms with E-state index < -0.39 is 23.4 Å². The third-order valence-corrected chi connectivity index (χ3v) is 6.07. The minimum absolute atomic E-state index is 0.114. The van der Waals surface area contributed by atoms with Crippen LogP contribution >= 0.6 is 0 Å². The summed E-state index contributed by atoms with van der Waals surface area (Å²) in [5.74, 6) is -2.42. The second-order valence-corrected chi connectivity index (χ2v) is 8.15. The van der Waals surface area contributed by atoms with Crippen LogP contribution in [-0.4, -0.2) is 13.2 Å². The maximum Gasteiger partial charge on any atom is 0.420 e. The average molecular weight is 426 g/mol. The molecule has 0 heterocycles. The summed E-state index contributed by atoms with van der Waals surface area (Å²) in [5.41, 5.74) is -1.32. The Kier molecular flexibility index (Phi) is 5.41. The molecular formula is C23H23F5O2. The van der Waals surface area contributed by atoms with E-state index in [0.717, 1.165) is 25.7 Å². The molecule has 0 N–H and O–H groups in total. The predicted molar refractivity (Wildman–Crippen MR) is 104 cm³/mol. The molecule has 2 aliphatic rings. The van der Waals surface area contributed by atoms with Gasteiger partial charge in [0.1, 0.15) is 11.3 Å². The lowest BCUT2D eigenvalue weighted by atomic mass is 9.76. The number of fused-ring (bicyclic) bond motifs is 4. The number of alkyl halides is 3. The van der Waals surface area contributed by atoms with Crippen LogP contribution in [0, 0.1) is 23.5 Å². The predicted octanol–water partition coefficient (Wildman–Crippen LogP) is 7.23. The van der Waals surface area contributed by atoms with Crippen molar-refractivity contribution in [3.63, 3.8) is 0 Å². The molecule has 1 fully saturated rings. The maximum absolute atomic E-state index is 14.7. The number of halogens is 5. The smallest absolute Gasteiger partial charge is 0.420 e. The minimum atomic E-state index is -4.76. The van der Waals surface area contributed by atoms with E-state index in [1.165, 1.54) is 18.2 Å². The second-order valence-electron chi connectivity index (χ2n) is 8.15. The van der Waals surface area contributed by atoms with Crippen molar-refractivity contribution in [3.05, 3.63) is 35.4 Å². The molecular weight excluding hydrogens is 403 g/mol. The number of rotatable bonds is 5. The van der Waals surface area contributed by atoms with Gasteiger partial charge in [-0.25, -0.2) is 4.39 Å². The van der Waals surface area contributed by atoms with Gasteiger partial charge in [0.15, 0.2) is 11.6 Å². The van der Waals surface area contributed by atoms with E-state index in [0.29, 0.717) is 5.92 Å². The van der Waals surface area contributed by atoms with Gasteiger partial charge in [-0.2, -0.15) is 17.6 Å². The van der Waals surface area contributed by atoms with Crippen molar-refractivity contribution < 1.29 is 31.4 Å². The maximum atomic E-state index is 14.7. The Morgan fingerprint density at radius 1 is 0.900 bits per heavy atom. The molecule has 1 saturated carbocycles. The summed E-state index contributed by atoms with van der Waals surface area (Å²) < 4.78 is 81.5. The van der Waals surface area contributed by atoms with Crippen LogP contribution in [0.3, 0.4) is 0 Å². The van der Waals surface area contributed by atoms with E-state index in [2.05, 4.69) is 6.92 Å². The molecule has 0 aromatic heterocycles. The summed E-state index contributed by atoms with van der Waals surface area (Å²) in [5, 5.41) is 0. The van der Waals surface area contributed by atoms with Crippen molar-refractivity contribution in [3.8, 4) is 33.8 Å². The minimum Gasteiger partial charge on any atom is -0.493 e. The number of benzene rings is 2. The highest BCUT2D eigenvalue weighted by Gasteiger charge is 2.44. The molecule has 162 valence electrons. The Morgan fingerprint density at radius 2 is 1.60 bits per heavy atom. The topological polar surface area (TPSA) is 18.5 Å². The quantitative estimate of drug-likeness (QED) is 0.401. The number of ether oxygens (including phenoxy) is 2. The van der Waals surface area contributed by atoms with Gasteiger partial charge in [0.2, 0.25) is 5.82 Å². The van der Waals surface area contributed by atoms with E-state index in [1.54, 1.807) is 6.92 Å². The molecule has 30 heavy (non-hydrogen) atoms. The molecule has 0 bridgehead atoms. The van der Waals surface area contributed by atoms with Gasteiger partial charge in [-0.1, -0.05) is 25.8 Å². The standard InChI is InChI=1S/C23H23F5O2/c1-3-29-17-10-15-14-8-9-16(30-11-13-6-4-12(2)5-7-13)20(23(26,27)28)18(14)19(15)22(25)21(17)24/h8-10,12-13H,3-7,11H2,1-2H3. The van der Waals surface area contributed by atoms with Crippen molar-refractivity contribution in [1.82, 2.24) is 0 Å². The van der Waals surface area contributed by atoms with Crippen molar-refractivity contribution >= 4 is 0 Å². The van der Waals surface area contributed by atoms with Gasteiger partial charge in [0.05, 0.1) is 13.2 Å². The molecule has 0 atom stereocenters. The highest BCUT2D eigenvalue weighted by atomic mass is 19.4. The summed E-state index contributed by atoms with van der Waals surface area (Å²) in [6, 6.07) is 4.00. The molecule has 2 nitrogen and oxygen atoms in total. The van der Waals surface area contributed by atoms with E-state index in [4.69, 9.17) is 9.47 Å². The van der Waals surface area contributed by atoms with Gasteiger partial charge < -0.3 is 9.47 Å². The molecule has 0 spiro atoms. The Bertz CT molecular complexity index is 959. The summed E-state index contributed by atoms with van der Waals surface area (Å²) in [6.07, 6.45) is -0.873. The molecule has 0 aliphatic heterocycles. The van der Waals surface area contributed by atoms with Crippen LogP contribution < -0.4 is 9.47 Å². The van der Waals surface area contributed by atoms with Crippen molar-refractivity contribution in [2.45, 2.75) is 45.7 Å². The molecule has 0 saturated heterocycles. The van der Waals surface area contributed by atoms with Gasteiger partial charge >= 0.3 is 6.18 Å². The lowest BCUT2D eigenvalue weighted by molar-refractivity contribution is -0.138. The zero-order chi connectivity index (χ0) is 21.6. The monoisotopic (exact) mass is 426 g/mol. The van der Waals surface area contributed by atoms with Gasteiger partial charge in [-0.3, -0.25) is 0 Å². The first kappa shape index (κ1) is 20.9. The Balaban J connectivity index is 1.70. The van der Waals surface area contributed by atoms with Crippen LogP contribution in [0.25, 0.3) is 22.3 Å². The van der Waals surface area contributed by atoms with Gasteiger partial charge in [-0.15, -0.1) is 0 Å². The summed E-state index contributed by atoms with van der Waals surface area (Å²) in [7, 11) is 0. The van der Waals surface area contributed by atoms with Gasteiger partial charge in [0, 0.05) is 11.1 Å². The fourth-order valence-corrected chi connectivity index (χ4v) is 4.43. The highest BCUT2D eigenvalue weighted by Crippen LogP contribution is 2.57. The second kappa shape index (κ2) is 7.75. The SMILES string of the molecule is CCOc1cc2c(c(F)c1F)-c1c-2ccc(OCC2CCC(C)CC2)c1C(F)(F)F. The largest absolute Gasteiger partial charge is 0.493 e. The number of hydrogen-bond donors (Lipinski definition) is 0. The van der Waals surface area contributed by atoms with Gasteiger partial charge in [-0.05, 0) is 54.9 Å². The van der Waals surface area contributed by atoms with Crippen LogP contribution in [0.1, 0.15) is 45.1 Å². The molecule has 7 heteroatoms. The van der Waals surface area contributed by atoms with Crippen molar-refractivity contribution in [1.29, 1.82) is 0 Å². The third kappa shape index (κ3) is 3.52. The van der Waals surface area contributed by atoms with E-state index in [9.17, 15) is 22.0 Å². The molecule has 0 unspecified atom stereocenters. The molecule has 2 aliphatic carbocycles. The molecule has 4 rings (SSSR count). The fraction of sp³-hybridized carbons (Fsp3) is 0.478. The first-order valence-corrected chi connectivity index (χ1v) is 10.2. The average Bonchev–Trinajstić information content (AvgIpc) is 2.68. The fourth-order valence-electron chi connectivity index (χ4n) is 4.43. The lowest BCUT2D eigenvalue weighted by Gasteiger charge is -2.31. The highest BCUT2D eigenvalue weighted by molar-refractivity contribution is 6.05. The molecule has 0 radical (unpaired) electrons. The van der Waals surface area contributed by atoms with Crippen molar-refractivity contribution in [2.75, 3.05) is 13.2 Å². The van der Waals surface area contributed by atoms with Crippen LogP contribution in [0.5, 0.6) is 11.5 Å². The van der Waals surface area contributed by atoms with Crippen LogP contribution in [0.15, 0.2) is 18.2 Å². The summed E-state index contributed by atoms with van der Waals surface area (Å²) in [4.78, 5) is 0. The normalized spacial score (nSPS) is 20.2. The summed E-state index contributed by atoms with van der Waals surface area (Å²) in [6.45, 7) is 4.07. The lowest BCUT2D eigenvalue weighted by Crippen LogP contribution is -2.21. The van der Waals surface area contributed by atoms with E-state index >= 15 is 0 Å². The first-order valence-electron chi connectivity index (χ1n) is 10.2. The number of hydrogen-bond acceptors (Lipinski definition) is 2. The van der Waals surface area contributed by atoms with E-state index in [-0.39, 0.29) is 52.9 Å². The summed E-state index contributed by atoms with van der Waals surface area (Å²) >= 11 is 0. The molecule has 2 aromatic carbocycles. The zero-order valence-electron chi connectivity index (χ0n) is 16.8. The first-order chi connectivity index (χ1) is 14.2. The van der Waals surface area contributed by atoms with E-state index in [1.807, 2.05) is 0 Å².